The van der Waals surface area contributed by atoms with Gasteiger partial charge in [0.2, 0.25) is 0 Å². The van der Waals surface area contributed by atoms with E-state index >= 15 is 0 Å². The van der Waals surface area contributed by atoms with Crippen molar-refractivity contribution in [2.45, 2.75) is 13.1 Å². The van der Waals surface area contributed by atoms with Gasteiger partial charge in [-0.3, -0.25) is 5.01 Å². The lowest BCUT2D eigenvalue weighted by atomic mass is 10.6. The van der Waals surface area contributed by atoms with Crippen LogP contribution in [0.25, 0.3) is 0 Å². The summed E-state index contributed by atoms with van der Waals surface area (Å²) in [5, 5.41) is 5.57. The zero-order chi connectivity index (χ0) is 6.15. The molecule has 0 saturated carbocycles. The van der Waals surface area contributed by atoms with Gasteiger partial charge in [-0.2, -0.15) is 0 Å². The molecule has 0 radical (unpaired) electrons. The Kier molecular flexibility index (Phi) is 1.35. The molecule has 8 heavy (non-hydrogen) atoms. The van der Waals surface area contributed by atoms with E-state index in [1.54, 1.807) is 5.01 Å². The molecular formula is C4H9N3S. The molecule has 0 aromatic rings. The number of hydrazine groups is 1. The van der Waals surface area contributed by atoms with Crippen molar-refractivity contribution < 1.29 is 0 Å². The molecule has 1 rings (SSSR count). The van der Waals surface area contributed by atoms with E-state index in [9.17, 15) is 0 Å². The highest BCUT2D eigenvalue weighted by Gasteiger charge is 2.16. The average molecular weight is 131 g/mol. The minimum atomic E-state index is 0.285. The molecule has 0 amide bonds. The van der Waals surface area contributed by atoms with Crippen LogP contribution in [-0.2, 0) is 0 Å². The molecule has 0 aromatic carbocycles. The number of nitrogens with zero attached hydrogens (tertiary/aromatic N) is 1. The predicted octanol–water partition coefficient (Wildman–Crippen LogP) is -0.343. The highest BCUT2D eigenvalue weighted by Crippen LogP contribution is 1.91. The van der Waals surface area contributed by atoms with Gasteiger partial charge in [0.05, 0.1) is 6.17 Å². The Morgan fingerprint density at radius 3 is 2.50 bits per heavy atom. The lowest BCUT2D eigenvalue weighted by Crippen LogP contribution is -2.32. The van der Waals surface area contributed by atoms with Gasteiger partial charge in [0, 0.05) is 7.05 Å². The van der Waals surface area contributed by atoms with Crippen molar-refractivity contribution in [1.82, 2.24) is 15.8 Å². The number of nitrogens with one attached hydrogen (secondary N) is 2. The highest BCUT2D eigenvalue weighted by molar-refractivity contribution is 7.80. The van der Waals surface area contributed by atoms with E-state index in [2.05, 4.69) is 10.7 Å². The number of hydrogen-bond acceptors (Lipinski definition) is 2. The monoisotopic (exact) mass is 131 g/mol. The van der Waals surface area contributed by atoms with Crippen molar-refractivity contribution in [2.75, 3.05) is 7.05 Å². The summed E-state index contributed by atoms with van der Waals surface area (Å²) in [5.74, 6) is 0. The lowest BCUT2D eigenvalue weighted by molar-refractivity contribution is 0.371. The second-order valence-electron chi connectivity index (χ2n) is 1.86. The van der Waals surface area contributed by atoms with Crippen LogP contribution in [0.1, 0.15) is 6.92 Å². The molecule has 0 aliphatic carbocycles. The minimum absolute atomic E-state index is 0.285. The van der Waals surface area contributed by atoms with E-state index in [-0.39, 0.29) is 6.17 Å². The van der Waals surface area contributed by atoms with Gasteiger partial charge in [0.25, 0.3) is 0 Å². The maximum atomic E-state index is 4.87. The first kappa shape index (κ1) is 5.78. The Morgan fingerprint density at radius 1 is 1.75 bits per heavy atom. The van der Waals surface area contributed by atoms with Crippen LogP contribution in [0.3, 0.4) is 0 Å². The van der Waals surface area contributed by atoms with E-state index in [0.29, 0.717) is 0 Å². The SMILES string of the molecule is CC1NC(=S)N(C)N1. The fourth-order valence-corrected chi connectivity index (χ4v) is 0.893. The maximum absolute atomic E-state index is 4.87. The van der Waals surface area contributed by atoms with Gasteiger partial charge in [-0.25, -0.2) is 5.43 Å². The largest absolute Gasteiger partial charge is 0.345 e. The molecule has 1 unspecified atom stereocenters. The van der Waals surface area contributed by atoms with Crippen LogP contribution in [0.2, 0.25) is 0 Å². The average Bonchev–Trinajstić information content (AvgIpc) is 1.85. The molecule has 1 heterocycles. The third-order valence-electron chi connectivity index (χ3n) is 1.03. The molecule has 1 atom stereocenters. The number of hydrogen-bond donors (Lipinski definition) is 2. The number of thiocarbonyl (C=S) groups is 1. The molecule has 0 spiro atoms. The molecule has 2 N–H and O–H groups in total. The van der Waals surface area contributed by atoms with Gasteiger partial charge in [-0.15, -0.1) is 0 Å². The number of rotatable bonds is 0. The second kappa shape index (κ2) is 1.87. The van der Waals surface area contributed by atoms with Crippen LogP contribution in [-0.4, -0.2) is 23.3 Å². The Morgan fingerprint density at radius 2 is 2.38 bits per heavy atom. The lowest BCUT2D eigenvalue weighted by Gasteiger charge is -2.06. The Balaban J connectivity index is 2.51. The third kappa shape index (κ3) is 0.900. The van der Waals surface area contributed by atoms with Crippen LogP contribution in [0.4, 0.5) is 0 Å². The van der Waals surface area contributed by atoms with Crippen molar-refractivity contribution in [2.24, 2.45) is 0 Å². The van der Waals surface area contributed by atoms with Crippen LogP contribution < -0.4 is 10.7 Å². The summed E-state index contributed by atoms with van der Waals surface area (Å²) in [5.41, 5.74) is 3.05. The molecule has 1 aliphatic rings. The van der Waals surface area contributed by atoms with E-state index in [0.717, 1.165) is 5.11 Å². The van der Waals surface area contributed by atoms with Gasteiger partial charge in [0.1, 0.15) is 0 Å². The minimum Gasteiger partial charge on any atom is -0.345 e. The summed E-state index contributed by atoms with van der Waals surface area (Å²) >= 11 is 4.87. The summed E-state index contributed by atoms with van der Waals surface area (Å²) in [7, 11) is 1.89. The smallest absolute Gasteiger partial charge is 0.184 e. The fourth-order valence-electron chi connectivity index (χ4n) is 0.663. The van der Waals surface area contributed by atoms with E-state index in [4.69, 9.17) is 12.2 Å². The Labute approximate surface area is 54.0 Å². The first-order valence-corrected chi connectivity index (χ1v) is 2.91. The topological polar surface area (TPSA) is 27.3 Å². The van der Waals surface area contributed by atoms with Crippen LogP contribution >= 0.6 is 12.2 Å². The van der Waals surface area contributed by atoms with Crippen molar-refractivity contribution in [3.63, 3.8) is 0 Å². The van der Waals surface area contributed by atoms with Crippen molar-refractivity contribution in [3.05, 3.63) is 0 Å². The van der Waals surface area contributed by atoms with Crippen molar-refractivity contribution in [1.29, 1.82) is 0 Å². The highest BCUT2D eigenvalue weighted by atomic mass is 32.1. The van der Waals surface area contributed by atoms with Gasteiger partial charge < -0.3 is 5.32 Å². The van der Waals surface area contributed by atoms with E-state index in [1.165, 1.54) is 0 Å². The normalized spacial score (nSPS) is 28.5. The van der Waals surface area contributed by atoms with Gasteiger partial charge >= 0.3 is 0 Å². The van der Waals surface area contributed by atoms with E-state index < -0.39 is 0 Å². The fraction of sp³-hybridized carbons (Fsp3) is 0.750. The van der Waals surface area contributed by atoms with Crippen molar-refractivity contribution in [3.8, 4) is 0 Å². The quantitative estimate of drug-likeness (QED) is 0.440. The van der Waals surface area contributed by atoms with Crippen LogP contribution in [0.5, 0.6) is 0 Å². The molecule has 3 nitrogen and oxygen atoms in total. The van der Waals surface area contributed by atoms with Gasteiger partial charge in [-0.1, -0.05) is 0 Å². The first-order chi connectivity index (χ1) is 3.70. The molecule has 1 fully saturated rings. The molecule has 46 valence electrons. The molecule has 1 saturated heterocycles. The molecule has 1 aliphatic heterocycles. The van der Waals surface area contributed by atoms with Crippen LogP contribution in [0.15, 0.2) is 0 Å². The molecular weight excluding hydrogens is 122 g/mol. The summed E-state index contributed by atoms with van der Waals surface area (Å²) < 4.78 is 0. The van der Waals surface area contributed by atoms with Gasteiger partial charge in [-0.05, 0) is 19.1 Å². The molecule has 4 heteroatoms. The Bertz CT molecular complexity index is 114. The standard InChI is InChI=1S/C4H9N3S/c1-3-5-4(8)7(2)6-3/h3,6H,1-2H3,(H,5,8). The predicted molar refractivity (Wildman–Crippen MR) is 36.1 cm³/mol. The maximum Gasteiger partial charge on any atom is 0.184 e. The van der Waals surface area contributed by atoms with Gasteiger partial charge in [0.15, 0.2) is 5.11 Å². The zero-order valence-corrected chi connectivity index (χ0v) is 5.75. The Hall–Kier alpha value is -0.350. The zero-order valence-electron chi connectivity index (χ0n) is 4.93. The summed E-state index contributed by atoms with van der Waals surface area (Å²) in [4.78, 5) is 0. The van der Waals surface area contributed by atoms with Crippen molar-refractivity contribution >= 4 is 17.3 Å². The summed E-state index contributed by atoms with van der Waals surface area (Å²) in [6.45, 7) is 2.01. The second-order valence-corrected chi connectivity index (χ2v) is 2.25. The molecule has 0 bridgehead atoms. The van der Waals surface area contributed by atoms with Crippen LogP contribution in [0, 0.1) is 0 Å². The third-order valence-corrected chi connectivity index (χ3v) is 1.42. The molecule has 0 aromatic heterocycles. The summed E-state index contributed by atoms with van der Waals surface area (Å²) in [6, 6.07) is 0. The summed E-state index contributed by atoms with van der Waals surface area (Å²) in [6.07, 6.45) is 0.285. The van der Waals surface area contributed by atoms with E-state index in [1.807, 2.05) is 14.0 Å². The first-order valence-electron chi connectivity index (χ1n) is 2.50.